The standard InChI is InChI=1S/C10H12N6O2S/c11-5-6-15-10(12-13-14-15)19-7-8-3-1-2-4-9(8)16(17)18/h1-4H,5-7,11H2. The summed E-state index contributed by atoms with van der Waals surface area (Å²) in [5.74, 6) is 0.433. The molecule has 0 aliphatic heterocycles. The monoisotopic (exact) mass is 280 g/mol. The SMILES string of the molecule is NCCn1nnnc1SCc1ccccc1[N+](=O)[O-]. The molecule has 0 aliphatic carbocycles. The van der Waals surface area contributed by atoms with Crippen molar-refractivity contribution in [1.82, 2.24) is 20.2 Å². The molecule has 0 aliphatic rings. The molecule has 0 saturated carbocycles. The Balaban J connectivity index is 2.10. The molecular weight excluding hydrogens is 268 g/mol. The van der Waals surface area contributed by atoms with Gasteiger partial charge in [0.1, 0.15) is 0 Å². The Hall–Kier alpha value is -2.00. The van der Waals surface area contributed by atoms with Crippen LogP contribution in [0.25, 0.3) is 0 Å². The summed E-state index contributed by atoms with van der Waals surface area (Å²) in [4.78, 5) is 10.5. The lowest BCUT2D eigenvalue weighted by molar-refractivity contribution is -0.385. The quantitative estimate of drug-likeness (QED) is 0.473. The summed E-state index contributed by atoms with van der Waals surface area (Å²) >= 11 is 1.35. The van der Waals surface area contributed by atoms with Crippen LogP contribution in [0, 0.1) is 10.1 Å². The molecule has 9 heteroatoms. The zero-order chi connectivity index (χ0) is 13.7. The molecule has 8 nitrogen and oxygen atoms in total. The third kappa shape index (κ3) is 3.26. The van der Waals surface area contributed by atoms with Gasteiger partial charge >= 0.3 is 0 Å². The number of nitrogens with two attached hydrogens (primary N) is 1. The van der Waals surface area contributed by atoms with Crippen molar-refractivity contribution in [3.8, 4) is 0 Å². The van der Waals surface area contributed by atoms with Crippen LogP contribution < -0.4 is 5.73 Å². The molecule has 0 radical (unpaired) electrons. The van der Waals surface area contributed by atoms with E-state index in [4.69, 9.17) is 5.73 Å². The van der Waals surface area contributed by atoms with E-state index in [1.165, 1.54) is 17.8 Å². The minimum atomic E-state index is -0.390. The Kier molecular flexibility index (Phi) is 4.42. The van der Waals surface area contributed by atoms with Gasteiger partial charge in [0.2, 0.25) is 5.16 Å². The highest BCUT2D eigenvalue weighted by Crippen LogP contribution is 2.26. The van der Waals surface area contributed by atoms with E-state index in [9.17, 15) is 10.1 Å². The number of thioether (sulfide) groups is 1. The van der Waals surface area contributed by atoms with Gasteiger partial charge in [-0.2, -0.15) is 0 Å². The molecule has 0 bridgehead atoms. The molecule has 0 fully saturated rings. The Morgan fingerprint density at radius 2 is 2.21 bits per heavy atom. The maximum absolute atomic E-state index is 10.9. The number of rotatable bonds is 6. The predicted octanol–water partition coefficient (Wildman–Crippen LogP) is 0.832. The van der Waals surface area contributed by atoms with Crippen LogP contribution in [0.1, 0.15) is 5.56 Å². The average Bonchev–Trinajstić information content (AvgIpc) is 2.84. The predicted molar refractivity (Wildman–Crippen MR) is 69.5 cm³/mol. The second-order valence-corrected chi connectivity index (χ2v) is 4.59. The van der Waals surface area contributed by atoms with Crippen LogP contribution in [0.5, 0.6) is 0 Å². The fourth-order valence-electron chi connectivity index (χ4n) is 1.52. The topological polar surface area (TPSA) is 113 Å². The van der Waals surface area contributed by atoms with E-state index in [1.807, 2.05) is 0 Å². The molecule has 1 aromatic heterocycles. The first-order chi connectivity index (χ1) is 9.22. The summed E-state index contributed by atoms with van der Waals surface area (Å²) in [6.45, 7) is 0.955. The first-order valence-electron chi connectivity index (χ1n) is 5.53. The third-order valence-electron chi connectivity index (χ3n) is 2.39. The van der Waals surface area contributed by atoms with E-state index in [0.717, 1.165) is 0 Å². The van der Waals surface area contributed by atoms with Gasteiger partial charge in [0.15, 0.2) is 0 Å². The molecule has 1 aromatic carbocycles. The molecule has 2 aromatic rings. The number of benzene rings is 1. The number of hydrogen-bond acceptors (Lipinski definition) is 7. The van der Waals surface area contributed by atoms with Crippen molar-refractivity contribution in [1.29, 1.82) is 0 Å². The fourth-order valence-corrected chi connectivity index (χ4v) is 2.42. The maximum Gasteiger partial charge on any atom is 0.273 e. The Morgan fingerprint density at radius 3 is 2.95 bits per heavy atom. The van der Waals surface area contributed by atoms with E-state index in [1.54, 1.807) is 22.9 Å². The number of aromatic nitrogens is 4. The highest BCUT2D eigenvalue weighted by Gasteiger charge is 2.14. The summed E-state index contributed by atoms with van der Waals surface area (Å²) in [7, 11) is 0. The van der Waals surface area contributed by atoms with E-state index < -0.39 is 4.92 Å². The average molecular weight is 280 g/mol. The van der Waals surface area contributed by atoms with Crippen LogP contribution in [-0.2, 0) is 12.3 Å². The summed E-state index contributed by atoms with van der Waals surface area (Å²) in [5.41, 5.74) is 6.19. The first kappa shape index (κ1) is 13.4. The molecule has 100 valence electrons. The second kappa shape index (κ2) is 6.25. The minimum Gasteiger partial charge on any atom is -0.329 e. The smallest absolute Gasteiger partial charge is 0.273 e. The second-order valence-electron chi connectivity index (χ2n) is 3.65. The maximum atomic E-state index is 10.9. The number of nitro groups is 1. The minimum absolute atomic E-state index is 0.104. The van der Waals surface area contributed by atoms with Crippen LogP contribution in [0.15, 0.2) is 29.4 Å². The van der Waals surface area contributed by atoms with Crippen molar-refractivity contribution < 1.29 is 4.92 Å². The molecule has 1 heterocycles. The van der Waals surface area contributed by atoms with Crippen molar-refractivity contribution in [3.05, 3.63) is 39.9 Å². The van der Waals surface area contributed by atoms with Crippen LogP contribution in [0.4, 0.5) is 5.69 Å². The third-order valence-corrected chi connectivity index (χ3v) is 3.39. The van der Waals surface area contributed by atoms with Crippen molar-refractivity contribution in [2.24, 2.45) is 5.73 Å². The van der Waals surface area contributed by atoms with Gasteiger partial charge in [0.25, 0.3) is 5.69 Å². The molecule has 19 heavy (non-hydrogen) atoms. The van der Waals surface area contributed by atoms with Crippen LogP contribution in [0.3, 0.4) is 0 Å². The zero-order valence-corrected chi connectivity index (χ0v) is 10.8. The molecular formula is C10H12N6O2S. The van der Waals surface area contributed by atoms with Gasteiger partial charge in [-0.05, 0) is 10.4 Å². The van der Waals surface area contributed by atoms with Crippen LogP contribution in [0.2, 0.25) is 0 Å². The van der Waals surface area contributed by atoms with E-state index in [-0.39, 0.29) is 5.69 Å². The summed E-state index contributed by atoms with van der Waals surface area (Å²) in [5, 5.41) is 22.7. The molecule has 0 spiro atoms. The van der Waals surface area contributed by atoms with Crippen molar-refractivity contribution in [2.45, 2.75) is 17.5 Å². The molecule has 2 rings (SSSR count). The summed E-state index contributed by atoms with van der Waals surface area (Å²) in [6.07, 6.45) is 0. The number of nitro benzene ring substituents is 1. The molecule has 0 amide bonds. The fraction of sp³-hybridized carbons (Fsp3) is 0.300. The lowest BCUT2D eigenvalue weighted by Gasteiger charge is -2.03. The Bertz CT molecular complexity index is 573. The highest BCUT2D eigenvalue weighted by molar-refractivity contribution is 7.98. The lowest BCUT2D eigenvalue weighted by Crippen LogP contribution is -2.12. The summed E-state index contributed by atoms with van der Waals surface area (Å²) in [6, 6.07) is 6.62. The van der Waals surface area contributed by atoms with Gasteiger partial charge in [-0.15, -0.1) is 5.10 Å². The largest absolute Gasteiger partial charge is 0.329 e. The van der Waals surface area contributed by atoms with E-state index in [2.05, 4.69) is 15.5 Å². The number of hydrogen-bond donors (Lipinski definition) is 1. The molecule has 0 unspecified atom stereocenters. The molecule has 0 saturated heterocycles. The molecule has 2 N–H and O–H groups in total. The van der Waals surface area contributed by atoms with E-state index >= 15 is 0 Å². The normalized spacial score (nSPS) is 10.6. The van der Waals surface area contributed by atoms with Crippen LogP contribution in [-0.4, -0.2) is 31.7 Å². The lowest BCUT2D eigenvalue weighted by atomic mass is 10.2. The van der Waals surface area contributed by atoms with Crippen LogP contribution >= 0.6 is 11.8 Å². The number of nitrogens with zero attached hydrogens (tertiary/aromatic N) is 5. The number of tetrazole rings is 1. The van der Waals surface area contributed by atoms with Gasteiger partial charge < -0.3 is 5.73 Å². The van der Waals surface area contributed by atoms with Gasteiger partial charge in [-0.1, -0.05) is 30.0 Å². The Morgan fingerprint density at radius 1 is 1.42 bits per heavy atom. The van der Waals surface area contributed by atoms with Gasteiger partial charge in [0.05, 0.1) is 11.5 Å². The Labute approximate surface area is 113 Å². The van der Waals surface area contributed by atoms with Gasteiger partial charge in [-0.25, -0.2) is 4.68 Å². The van der Waals surface area contributed by atoms with E-state index in [0.29, 0.717) is 29.6 Å². The summed E-state index contributed by atoms with van der Waals surface area (Å²) < 4.78 is 1.58. The van der Waals surface area contributed by atoms with Gasteiger partial charge in [-0.3, -0.25) is 10.1 Å². The number of para-hydroxylation sites is 1. The van der Waals surface area contributed by atoms with Crippen molar-refractivity contribution in [2.75, 3.05) is 6.54 Å². The van der Waals surface area contributed by atoms with Crippen molar-refractivity contribution in [3.63, 3.8) is 0 Å². The van der Waals surface area contributed by atoms with Crippen molar-refractivity contribution >= 4 is 17.4 Å². The molecule has 0 atom stereocenters. The van der Waals surface area contributed by atoms with Gasteiger partial charge in [0, 0.05) is 23.9 Å². The highest BCUT2D eigenvalue weighted by atomic mass is 32.2. The zero-order valence-electron chi connectivity index (χ0n) is 9.97. The first-order valence-corrected chi connectivity index (χ1v) is 6.52.